The molecule has 0 radical (unpaired) electrons. The standard InChI is InChI=1S/C15H15BrO2/c16-13-5-3-12-9-14(6-4-11(12)8-13)18-10-15-2-1-7-17-15/h3-6,8-9,15H,1-2,7,10H2/t15-/m0/s1. The summed E-state index contributed by atoms with van der Waals surface area (Å²) < 4.78 is 12.4. The van der Waals surface area contributed by atoms with Gasteiger partial charge in [0.1, 0.15) is 12.4 Å². The molecule has 1 aliphatic heterocycles. The van der Waals surface area contributed by atoms with E-state index in [0.717, 1.165) is 29.7 Å². The summed E-state index contributed by atoms with van der Waals surface area (Å²) in [4.78, 5) is 0. The zero-order valence-corrected chi connectivity index (χ0v) is 11.7. The lowest BCUT2D eigenvalue weighted by atomic mass is 10.1. The maximum Gasteiger partial charge on any atom is 0.120 e. The lowest BCUT2D eigenvalue weighted by Crippen LogP contribution is -2.16. The Bertz CT molecular complexity index is 547. The third-order valence-corrected chi connectivity index (χ3v) is 3.73. The van der Waals surface area contributed by atoms with Crippen LogP contribution in [0.4, 0.5) is 0 Å². The van der Waals surface area contributed by atoms with Crippen LogP contribution in [0.1, 0.15) is 12.8 Å². The molecule has 0 unspecified atom stereocenters. The zero-order valence-electron chi connectivity index (χ0n) is 10.1. The van der Waals surface area contributed by atoms with Gasteiger partial charge < -0.3 is 9.47 Å². The van der Waals surface area contributed by atoms with Crippen molar-refractivity contribution in [3.05, 3.63) is 40.9 Å². The highest BCUT2D eigenvalue weighted by molar-refractivity contribution is 9.10. The van der Waals surface area contributed by atoms with E-state index in [0.29, 0.717) is 6.61 Å². The van der Waals surface area contributed by atoms with Crippen LogP contribution in [0.2, 0.25) is 0 Å². The summed E-state index contributed by atoms with van der Waals surface area (Å²) in [6.45, 7) is 1.53. The van der Waals surface area contributed by atoms with Gasteiger partial charge in [-0.15, -0.1) is 0 Å². The first kappa shape index (κ1) is 12.0. The maximum atomic E-state index is 5.79. The molecule has 3 rings (SSSR count). The third-order valence-electron chi connectivity index (χ3n) is 3.23. The Morgan fingerprint density at radius 3 is 2.83 bits per heavy atom. The highest BCUT2D eigenvalue weighted by atomic mass is 79.9. The quantitative estimate of drug-likeness (QED) is 0.847. The SMILES string of the molecule is Brc1ccc2cc(OC[C@@H]3CCCO3)ccc2c1. The van der Waals surface area contributed by atoms with Crippen LogP contribution in [-0.2, 0) is 4.74 Å². The van der Waals surface area contributed by atoms with Gasteiger partial charge in [0.2, 0.25) is 0 Å². The van der Waals surface area contributed by atoms with E-state index >= 15 is 0 Å². The van der Waals surface area contributed by atoms with E-state index in [4.69, 9.17) is 9.47 Å². The van der Waals surface area contributed by atoms with Crippen LogP contribution in [0, 0.1) is 0 Å². The predicted octanol–water partition coefficient (Wildman–Crippen LogP) is 4.16. The van der Waals surface area contributed by atoms with Crippen molar-refractivity contribution in [3.63, 3.8) is 0 Å². The highest BCUT2D eigenvalue weighted by Gasteiger charge is 2.15. The van der Waals surface area contributed by atoms with Gasteiger partial charge in [-0.2, -0.15) is 0 Å². The summed E-state index contributed by atoms with van der Waals surface area (Å²) in [7, 11) is 0. The summed E-state index contributed by atoms with van der Waals surface area (Å²) in [6, 6.07) is 12.4. The number of hydrogen-bond donors (Lipinski definition) is 0. The fourth-order valence-electron chi connectivity index (χ4n) is 2.25. The van der Waals surface area contributed by atoms with Crippen LogP contribution in [0.25, 0.3) is 10.8 Å². The summed E-state index contributed by atoms with van der Waals surface area (Å²) in [5.74, 6) is 0.917. The lowest BCUT2D eigenvalue weighted by Gasteiger charge is -2.12. The van der Waals surface area contributed by atoms with Gasteiger partial charge in [-0.1, -0.05) is 28.1 Å². The van der Waals surface area contributed by atoms with Crippen molar-refractivity contribution < 1.29 is 9.47 Å². The monoisotopic (exact) mass is 306 g/mol. The van der Waals surface area contributed by atoms with Crippen LogP contribution in [0.15, 0.2) is 40.9 Å². The van der Waals surface area contributed by atoms with Gasteiger partial charge in [-0.25, -0.2) is 0 Å². The molecule has 0 bridgehead atoms. The van der Waals surface area contributed by atoms with Gasteiger partial charge in [-0.05, 0) is 47.9 Å². The first-order valence-corrected chi connectivity index (χ1v) is 7.04. The van der Waals surface area contributed by atoms with Crippen molar-refractivity contribution in [3.8, 4) is 5.75 Å². The molecule has 1 atom stereocenters. The number of halogens is 1. The molecule has 0 spiro atoms. The van der Waals surface area contributed by atoms with Crippen molar-refractivity contribution in [2.24, 2.45) is 0 Å². The number of ether oxygens (including phenoxy) is 2. The Balaban J connectivity index is 1.74. The molecule has 0 amide bonds. The Morgan fingerprint density at radius 1 is 1.17 bits per heavy atom. The minimum absolute atomic E-state index is 0.269. The van der Waals surface area contributed by atoms with Crippen molar-refractivity contribution in [2.45, 2.75) is 18.9 Å². The second-order valence-electron chi connectivity index (χ2n) is 4.60. The topological polar surface area (TPSA) is 18.5 Å². The Kier molecular flexibility index (Phi) is 3.52. The maximum absolute atomic E-state index is 5.79. The van der Waals surface area contributed by atoms with Crippen molar-refractivity contribution in [1.29, 1.82) is 0 Å². The minimum atomic E-state index is 0.269. The number of benzene rings is 2. The van der Waals surface area contributed by atoms with Gasteiger partial charge in [-0.3, -0.25) is 0 Å². The Labute approximate surface area is 115 Å². The van der Waals surface area contributed by atoms with Crippen molar-refractivity contribution in [1.82, 2.24) is 0 Å². The van der Waals surface area contributed by atoms with E-state index < -0.39 is 0 Å². The van der Waals surface area contributed by atoms with E-state index in [-0.39, 0.29) is 6.10 Å². The van der Waals surface area contributed by atoms with Gasteiger partial charge in [0, 0.05) is 11.1 Å². The first-order valence-electron chi connectivity index (χ1n) is 6.25. The molecule has 1 heterocycles. The van der Waals surface area contributed by atoms with E-state index in [1.165, 1.54) is 10.8 Å². The summed E-state index contributed by atoms with van der Waals surface area (Å²) in [5.41, 5.74) is 0. The molecule has 94 valence electrons. The largest absolute Gasteiger partial charge is 0.491 e. The molecule has 0 N–H and O–H groups in total. The molecule has 0 aromatic heterocycles. The first-order chi connectivity index (χ1) is 8.81. The summed E-state index contributed by atoms with van der Waals surface area (Å²) in [5, 5.41) is 2.41. The number of fused-ring (bicyclic) bond motifs is 1. The molecular weight excluding hydrogens is 292 g/mol. The normalized spacial score (nSPS) is 19.3. The van der Waals surface area contributed by atoms with Crippen LogP contribution in [0.5, 0.6) is 5.75 Å². The summed E-state index contributed by atoms with van der Waals surface area (Å²) in [6.07, 6.45) is 2.53. The van der Waals surface area contributed by atoms with Crippen LogP contribution < -0.4 is 4.74 Å². The lowest BCUT2D eigenvalue weighted by molar-refractivity contribution is 0.0680. The predicted molar refractivity (Wildman–Crippen MR) is 76.1 cm³/mol. The van der Waals surface area contributed by atoms with E-state index in [9.17, 15) is 0 Å². The number of rotatable bonds is 3. The van der Waals surface area contributed by atoms with Crippen molar-refractivity contribution in [2.75, 3.05) is 13.2 Å². The van der Waals surface area contributed by atoms with Crippen molar-refractivity contribution >= 4 is 26.7 Å². The molecule has 2 aromatic rings. The molecular formula is C15H15BrO2. The third kappa shape index (κ3) is 2.68. The molecule has 1 saturated heterocycles. The van der Waals surface area contributed by atoms with E-state index in [1.54, 1.807) is 0 Å². The summed E-state index contributed by atoms with van der Waals surface area (Å²) >= 11 is 3.48. The minimum Gasteiger partial charge on any atom is -0.491 e. The highest BCUT2D eigenvalue weighted by Crippen LogP contribution is 2.24. The van der Waals surface area contributed by atoms with Crippen LogP contribution in [0.3, 0.4) is 0 Å². The van der Waals surface area contributed by atoms with Crippen LogP contribution in [-0.4, -0.2) is 19.3 Å². The number of hydrogen-bond acceptors (Lipinski definition) is 2. The van der Waals surface area contributed by atoms with E-state index in [2.05, 4.69) is 40.2 Å². The van der Waals surface area contributed by atoms with Crippen LogP contribution >= 0.6 is 15.9 Å². The second kappa shape index (κ2) is 5.29. The van der Waals surface area contributed by atoms with Gasteiger partial charge >= 0.3 is 0 Å². The molecule has 0 saturated carbocycles. The second-order valence-corrected chi connectivity index (χ2v) is 5.51. The zero-order chi connectivity index (χ0) is 12.4. The van der Waals surface area contributed by atoms with Gasteiger partial charge in [0.05, 0.1) is 6.10 Å². The molecule has 18 heavy (non-hydrogen) atoms. The molecule has 1 fully saturated rings. The molecule has 2 nitrogen and oxygen atoms in total. The van der Waals surface area contributed by atoms with E-state index in [1.807, 2.05) is 12.1 Å². The van der Waals surface area contributed by atoms with Gasteiger partial charge in [0.15, 0.2) is 0 Å². The van der Waals surface area contributed by atoms with Gasteiger partial charge in [0.25, 0.3) is 0 Å². The fraction of sp³-hybridized carbons (Fsp3) is 0.333. The fourth-order valence-corrected chi connectivity index (χ4v) is 2.63. The molecule has 0 aliphatic carbocycles. The molecule has 2 aromatic carbocycles. The average Bonchev–Trinajstić information content (AvgIpc) is 2.89. The average molecular weight is 307 g/mol. The molecule has 1 aliphatic rings. The Hall–Kier alpha value is -1.06. The smallest absolute Gasteiger partial charge is 0.120 e. The Morgan fingerprint density at radius 2 is 2.00 bits per heavy atom. The molecule has 3 heteroatoms.